The van der Waals surface area contributed by atoms with Gasteiger partial charge in [-0.2, -0.15) is 0 Å². The highest BCUT2D eigenvalue weighted by atomic mass is 32.2. The molecule has 0 bridgehead atoms. The SMILES string of the molecule is CCCCN(C)C(=O)c1cc(C)ccc1S(N)(=O)=O. The Kier molecular flexibility index (Phi) is 5.08. The Labute approximate surface area is 114 Å². The van der Waals surface area contributed by atoms with Crippen LogP contribution in [0.2, 0.25) is 0 Å². The Morgan fingerprint density at radius 1 is 1.37 bits per heavy atom. The van der Waals surface area contributed by atoms with Gasteiger partial charge < -0.3 is 4.90 Å². The molecule has 0 spiro atoms. The number of nitrogens with zero attached hydrogens (tertiary/aromatic N) is 1. The standard InChI is InChI=1S/C13H20N2O3S/c1-4-5-8-15(3)13(16)11-9-10(2)6-7-12(11)19(14,17)18/h6-7,9H,4-5,8H2,1-3H3,(H2,14,17,18). The molecule has 2 N–H and O–H groups in total. The number of aryl methyl sites for hydroxylation is 1. The van der Waals surface area contributed by atoms with Crippen molar-refractivity contribution in [1.82, 2.24) is 4.90 Å². The second kappa shape index (κ2) is 6.16. The zero-order valence-electron chi connectivity index (χ0n) is 11.5. The maximum Gasteiger partial charge on any atom is 0.254 e. The summed E-state index contributed by atoms with van der Waals surface area (Å²) in [6.07, 6.45) is 1.84. The van der Waals surface area contributed by atoms with Gasteiger partial charge in [0.15, 0.2) is 0 Å². The first kappa shape index (κ1) is 15.7. The van der Waals surface area contributed by atoms with Gasteiger partial charge in [0.05, 0.1) is 10.5 Å². The summed E-state index contributed by atoms with van der Waals surface area (Å²) in [5.41, 5.74) is 0.959. The van der Waals surface area contributed by atoms with Gasteiger partial charge in [-0.25, -0.2) is 13.6 Å². The normalized spacial score (nSPS) is 11.4. The van der Waals surface area contributed by atoms with Crippen molar-refractivity contribution in [3.63, 3.8) is 0 Å². The fourth-order valence-corrected chi connectivity index (χ4v) is 2.47. The monoisotopic (exact) mass is 284 g/mol. The van der Waals surface area contributed by atoms with Crippen LogP contribution in [0.5, 0.6) is 0 Å². The first-order valence-corrected chi connectivity index (χ1v) is 7.71. The van der Waals surface area contributed by atoms with Crippen LogP contribution in [-0.4, -0.2) is 32.8 Å². The number of benzene rings is 1. The molecule has 106 valence electrons. The van der Waals surface area contributed by atoms with Crippen molar-refractivity contribution in [2.45, 2.75) is 31.6 Å². The minimum Gasteiger partial charge on any atom is -0.342 e. The quantitative estimate of drug-likeness (QED) is 0.890. The summed E-state index contributed by atoms with van der Waals surface area (Å²) in [6.45, 7) is 4.42. The second-order valence-corrected chi connectivity index (χ2v) is 6.15. The Morgan fingerprint density at radius 3 is 2.53 bits per heavy atom. The van der Waals surface area contributed by atoms with Gasteiger partial charge in [0.2, 0.25) is 10.0 Å². The zero-order valence-corrected chi connectivity index (χ0v) is 12.3. The molecule has 0 radical (unpaired) electrons. The molecule has 0 atom stereocenters. The Hall–Kier alpha value is -1.40. The predicted molar refractivity (Wildman–Crippen MR) is 74.4 cm³/mol. The lowest BCUT2D eigenvalue weighted by molar-refractivity contribution is 0.0789. The topological polar surface area (TPSA) is 80.5 Å². The fraction of sp³-hybridized carbons (Fsp3) is 0.462. The minimum absolute atomic E-state index is 0.119. The maximum absolute atomic E-state index is 12.3. The molecule has 1 aromatic carbocycles. The molecule has 19 heavy (non-hydrogen) atoms. The van der Waals surface area contributed by atoms with Crippen LogP contribution in [0.1, 0.15) is 35.7 Å². The van der Waals surface area contributed by atoms with E-state index in [2.05, 4.69) is 0 Å². The maximum atomic E-state index is 12.3. The number of sulfonamides is 1. The van der Waals surface area contributed by atoms with Crippen molar-refractivity contribution < 1.29 is 13.2 Å². The molecule has 0 saturated carbocycles. The molecule has 0 saturated heterocycles. The average molecular weight is 284 g/mol. The Bertz CT molecular complexity index is 567. The predicted octanol–water partition coefficient (Wildman–Crippen LogP) is 1.51. The van der Waals surface area contributed by atoms with Gasteiger partial charge in [0.25, 0.3) is 5.91 Å². The van der Waals surface area contributed by atoms with Crippen molar-refractivity contribution in [1.29, 1.82) is 0 Å². The molecule has 0 aliphatic rings. The highest BCUT2D eigenvalue weighted by molar-refractivity contribution is 7.89. The summed E-state index contributed by atoms with van der Waals surface area (Å²) in [7, 11) is -2.24. The van der Waals surface area contributed by atoms with E-state index in [9.17, 15) is 13.2 Å². The van der Waals surface area contributed by atoms with Crippen molar-refractivity contribution in [2.75, 3.05) is 13.6 Å². The molecular weight excluding hydrogens is 264 g/mol. The van der Waals surface area contributed by atoms with E-state index >= 15 is 0 Å². The van der Waals surface area contributed by atoms with E-state index in [1.807, 2.05) is 6.92 Å². The Morgan fingerprint density at radius 2 is 2.00 bits per heavy atom. The van der Waals surface area contributed by atoms with E-state index in [1.165, 1.54) is 11.0 Å². The second-order valence-electron chi connectivity index (χ2n) is 4.62. The number of unbranched alkanes of at least 4 members (excludes halogenated alkanes) is 1. The van der Waals surface area contributed by atoms with Crippen LogP contribution in [0.3, 0.4) is 0 Å². The molecule has 1 amide bonds. The molecule has 1 rings (SSSR count). The third-order valence-corrected chi connectivity index (χ3v) is 3.83. The zero-order chi connectivity index (χ0) is 14.6. The lowest BCUT2D eigenvalue weighted by Crippen LogP contribution is -2.30. The molecule has 0 aliphatic carbocycles. The molecule has 1 aromatic rings. The number of carbonyl (C=O) groups excluding carboxylic acids is 1. The van der Waals surface area contributed by atoms with E-state index in [-0.39, 0.29) is 16.4 Å². The highest BCUT2D eigenvalue weighted by Gasteiger charge is 2.21. The Balaban J connectivity index is 3.18. The van der Waals surface area contributed by atoms with Crippen molar-refractivity contribution in [3.8, 4) is 0 Å². The molecule has 0 aromatic heterocycles. The first-order valence-electron chi connectivity index (χ1n) is 6.16. The van der Waals surface area contributed by atoms with Gasteiger partial charge in [-0.3, -0.25) is 4.79 Å². The molecule has 6 heteroatoms. The summed E-state index contributed by atoms with van der Waals surface area (Å²) in [6, 6.07) is 4.57. The van der Waals surface area contributed by atoms with E-state index in [0.29, 0.717) is 6.54 Å². The number of carbonyl (C=O) groups is 1. The van der Waals surface area contributed by atoms with Crippen LogP contribution in [0, 0.1) is 6.92 Å². The number of nitrogens with two attached hydrogens (primary N) is 1. The lowest BCUT2D eigenvalue weighted by atomic mass is 10.1. The van der Waals surface area contributed by atoms with Crippen LogP contribution in [-0.2, 0) is 10.0 Å². The van der Waals surface area contributed by atoms with Gasteiger partial charge in [-0.15, -0.1) is 0 Å². The smallest absolute Gasteiger partial charge is 0.254 e. The lowest BCUT2D eigenvalue weighted by Gasteiger charge is -2.18. The molecule has 5 nitrogen and oxygen atoms in total. The van der Waals surface area contributed by atoms with Gasteiger partial charge in [0, 0.05) is 13.6 Å². The largest absolute Gasteiger partial charge is 0.342 e. The van der Waals surface area contributed by atoms with E-state index < -0.39 is 10.0 Å². The molecule has 0 aliphatic heterocycles. The summed E-state index contributed by atoms with van der Waals surface area (Å²) in [5, 5.41) is 5.15. The van der Waals surface area contributed by atoms with E-state index in [4.69, 9.17) is 5.14 Å². The van der Waals surface area contributed by atoms with Crippen LogP contribution in [0.25, 0.3) is 0 Å². The molecule has 0 fully saturated rings. The van der Waals surface area contributed by atoms with Crippen molar-refractivity contribution in [3.05, 3.63) is 29.3 Å². The average Bonchev–Trinajstić information content (AvgIpc) is 2.33. The van der Waals surface area contributed by atoms with Gasteiger partial charge >= 0.3 is 0 Å². The van der Waals surface area contributed by atoms with Crippen molar-refractivity contribution >= 4 is 15.9 Å². The van der Waals surface area contributed by atoms with Crippen LogP contribution in [0.15, 0.2) is 23.1 Å². The minimum atomic E-state index is -3.90. The van der Waals surface area contributed by atoms with E-state index in [0.717, 1.165) is 18.4 Å². The van der Waals surface area contributed by atoms with Crippen molar-refractivity contribution in [2.24, 2.45) is 5.14 Å². The molecule has 0 heterocycles. The van der Waals surface area contributed by atoms with Crippen LogP contribution in [0.4, 0.5) is 0 Å². The summed E-state index contributed by atoms with van der Waals surface area (Å²) in [5.74, 6) is -0.318. The van der Waals surface area contributed by atoms with Crippen LogP contribution < -0.4 is 5.14 Å². The number of rotatable bonds is 5. The number of hydrogen-bond donors (Lipinski definition) is 1. The third-order valence-electron chi connectivity index (χ3n) is 2.87. The summed E-state index contributed by atoms with van der Waals surface area (Å²) >= 11 is 0. The molecule has 0 unspecified atom stereocenters. The van der Waals surface area contributed by atoms with Gasteiger partial charge in [-0.05, 0) is 25.5 Å². The van der Waals surface area contributed by atoms with E-state index in [1.54, 1.807) is 26.1 Å². The summed E-state index contributed by atoms with van der Waals surface area (Å²) < 4.78 is 23.0. The van der Waals surface area contributed by atoms with Gasteiger partial charge in [0.1, 0.15) is 0 Å². The summed E-state index contributed by atoms with van der Waals surface area (Å²) in [4.78, 5) is 13.7. The molecular formula is C13H20N2O3S. The first-order chi connectivity index (χ1) is 8.77. The fourth-order valence-electron chi connectivity index (χ4n) is 1.76. The number of amides is 1. The highest BCUT2D eigenvalue weighted by Crippen LogP contribution is 2.18. The number of hydrogen-bond acceptors (Lipinski definition) is 3. The third kappa shape index (κ3) is 4.04. The number of primary sulfonamides is 1. The van der Waals surface area contributed by atoms with Gasteiger partial charge in [-0.1, -0.05) is 25.0 Å². The van der Waals surface area contributed by atoms with Crippen LogP contribution >= 0.6 is 0 Å².